The Hall–Kier alpha value is -0.790. The van der Waals surface area contributed by atoms with E-state index < -0.39 is 0 Å². The molecule has 0 atom stereocenters. The van der Waals surface area contributed by atoms with Crippen molar-refractivity contribution in [3.05, 3.63) is 12.2 Å². The maximum Gasteiger partial charge on any atom is 0.305 e. The SMILES string of the molecule is CCCCCCCCC=CCCCCCCCCCCCCCC(=O)OCCCCCCCCCCCCCCCCCCCCCCCCCCCCCCC(C)C. The molecule has 0 amide bonds. The van der Waals surface area contributed by atoms with Gasteiger partial charge in [-0.2, -0.15) is 0 Å². The number of hydrogen-bond acceptors (Lipinski definition) is 2. The Morgan fingerprint density at radius 3 is 0.898 bits per heavy atom. The molecule has 0 aromatic heterocycles. The highest BCUT2D eigenvalue weighted by Gasteiger charge is 2.03. The monoisotopic (exact) mass is 829 g/mol. The number of ether oxygens (including phenoxy) is 1. The maximum atomic E-state index is 12.1. The summed E-state index contributed by atoms with van der Waals surface area (Å²) in [4.78, 5) is 12.1. The van der Waals surface area contributed by atoms with Gasteiger partial charge in [0.05, 0.1) is 6.61 Å². The Balaban J connectivity index is 3.16. The van der Waals surface area contributed by atoms with E-state index in [0.717, 1.165) is 18.8 Å². The summed E-state index contributed by atoms with van der Waals surface area (Å²) >= 11 is 0. The maximum absolute atomic E-state index is 12.1. The Morgan fingerprint density at radius 2 is 0.593 bits per heavy atom. The Morgan fingerprint density at radius 1 is 0.339 bits per heavy atom. The Kier molecular flexibility index (Phi) is 52.6. The molecule has 0 heterocycles. The fraction of sp³-hybridized carbons (Fsp3) is 0.947. The zero-order valence-electron chi connectivity index (χ0n) is 41.4. The van der Waals surface area contributed by atoms with Gasteiger partial charge < -0.3 is 4.74 Å². The molecule has 0 aliphatic heterocycles. The summed E-state index contributed by atoms with van der Waals surface area (Å²) in [7, 11) is 0. The standard InChI is InChI=1S/C57H112O2/c1-4-5-6-7-8-9-10-11-12-13-14-23-27-30-33-36-39-42-45-48-51-54-57(58)59-55-52-49-46-43-40-37-34-31-28-25-22-20-18-16-15-17-19-21-24-26-29-32-35-38-41-44-47-50-53-56(2)3/h11-12,56H,4-10,13-55H2,1-3H3. The predicted molar refractivity (Wildman–Crippen MR) is 267 cm³/mol. The summed E-state index contributed by atoms with van der Waals surface area (Å²) < 4.78 is 5.51. The zero-order valence-corrected chi connectivity index (χ0v) is 41.4. The number of unbranched alkanes of at least 4 members (excludes halogenated alkanes) is 44. The highest BCUT2D eigenvalue weighted by Crippen LogP contribution is 2.18. The first-order chi connectivity index (χ1) is 29.2. The van der Waals surface area contributed by atoms with Crippen LogP contribution in [0.25, 0.3) is 0 Å². The number of allylic oxidation sites excluding steroid dienone is 2. The van der Waals surface area contributed by atoms with Crippen molar-refractivity contribution in [1.82, 2.24) is 0 Å². The number of hydrogen-bond donors (Lipinski definition) is 0. The van der Waals surface area contributed by atoms with E-state index in [1.54, 1.807) is 0 Å². The van der Waals surface area contributed by atoms with Crippen LogP contribution in [-0.2, 0) is 9.53 Å². The lowest BCUT2D eigenvalue weighted by atomic mass is 10.0. The molecule has 0 N–H and O–H groups in total. The molecule has 0 aromatic carbocycles. The molecule has 0 fully saturated rings. The third kappa shape index (κ3) is 55.2. The number of carbonyl (C=O) groups excluding carboxylic acids is 1. The van der Waals surface area contributed by atoms with E-state index in [4.69, 9.17) is 4.74 Å². The molecular formula is C57H112O2. The van der Waals surface area contributed by atoms with Gasteiger partial charge in [-0.25, -0.2) is 0 Å². The second kappa shape index (κ2) is 53.3. The van der Waals surface area contributed by atoms with Crippen LogP contribution in [0.4, 0.5) is 0 Å². The molecule has 0 saturated carbocycles. The van der Waals surface area contributed by atoms with E-state index in [9.17, 15) is 4.79 Å². The molecule has 59 heavy (non-hydrogen) atoms. The first-order valence-electron chi connectivity index (χ1n) is 28.0. The minimum Gasteiger partial charge on any atom is -0.466 e. The molecule has 0 unspecified atom stereocenters. The van der Waals surface area contributed by atoms with E-state index in [2.05, 4.69) is 32.9 Å². The average Bonchev–Trinajstić information content (AvgIpc) is 3.23. The van der Waals surface area contributed by atoms with E-state index in [0.29, 0.717) is 13.0 Å². The van der Waals surface area contributed by atoms with Crippen LogP contribution in [0.15, 0.2) is 12.2 Å². The predicted octanol–water partition coefficient (Wildman–Crippen LogP) is 20.9. The Bertz CT molecular complexity index is 786. The van der Waals surface area contributed by atoms with Gasteiger partial charge in [-0.1, -0.05) is 303 Å². The first kappa shape index (κ1) is 58.2. The number of rotatable bonds is 52. The van der Waals surface area contributed by atoms with E-state index in [1.165, 1.54) is 295 Å². The molecule has 352 valence electrons. The van der Waals surface area contributed by atoms with Gasteiger partial charge in [0.1, 0.15) is 0 Å². The van der Waals surface area contributed by atoms with Crippen LogP contribution in [0.2, 0.25) is 0 Å². The lowest BCUT2D eigenvalue weighted by Crippen LogP contribution is -2.05. The molecule has 2 nitrogen and oxygen atoms in total. The number of carbonyl (C=O) groups is 1. The van der Waals surface area contributed by atoms with Gasteiger partial charge in [-0.05, 0) is 44.4 Å². The van der Waals surface area contributed by atoms with Crippen LogP contribution in [0, 0.1) is 5.92 Å². The second-order valence-electron chi connectivity index (χ2n) is 19.8. The van der Waals surface area contributed by atoms with Crippen LogP contribution in [0.1, 0.15) is 335 Å². The molecule has 0 radical (unpaired) electrons. The molecular weight excluding hydrogens is 717 g/mol. The minimum absolute atomic E-state index is 0.0311. The largest absolute Gasteiger partial charge is 0.466 e. The average molecular weight is 830 g/mol. The third-order valence-electron chi connectivity index (χ3n) is 13.1. The first-order valence-corrected chi connectivity index (χ1v) is 28.0. The summed E-state index contributed by atoms with van der Waals surface area (Å²) in [5.74, 6) is 0.919. The number of esters is 1. The lowest BCUT2D eigenvalue weighted by Gasteiger charge is -2.06. The van der Waals surface area contributed by atoms with Gasteiger partial charge in [0, 0.05) is 6.42 Å². The van der Waals surface area contributed by atoms with Crippen molar-refractivity contribution in [2.75, 3.05) is 6.61 Å². The summed E-state index contributed by atoms with van der Waals surface area (Å²) in [6.07, 6.45) is 72.4. The van der Waals surface area contributed by atoms with Crippen LogP contribution < -0.4 is 0 Å². The quantitative estimate of drug-likeness (QED) is 0.0347. The zero-order chi connectivity index (χ0) is 42.6. The van der Waals surface area contributed by atoms with Gasteiger partial charge in [0.2, 0.25) is 0 Å². The molecule has 0 aromatic rings. The van der Waals surface area contributed by atoms with Crippen molar-refractivity contribution in [3.63, 3.8) is 0 Å². The normalized spacial score (nSPS) is 11.8. The second-order valence-corrected chi connectivity index (χ2v) is 19.8. The minimum atomic E-state index is 0.0311. The smallest absolute Gasteiger partial charge is 0.305 e. The van der Waals surface area contributed by atoms with Crippen LogP contribution in [0.5, 0.6) is 0 Å². The summed E-state index contributed by atoms with van der Waals surface area (Å²) in [6.45, 7) is 7.62. The van der Waals surface area contributed by atoms with Crippen molar-refractivity contribution in [3.8, 4) is 0 Å². The summed E-state index contributed by atoms with van der Waals surface area (Å²) in [6, 6.07) is 0. The van der Waals surface area contributed by atoms with Crippen molar-refractivity contribution >= 4 is 5.97 Å². The highest BCUT2D eigenvalue weighted by atomic mass is 16.5. The molecule has 0 bridgehead atoms. The summed E-state index contributed by atoms with van der Waals surface area (Å²) in [5, 5.41) is 0. The molecule has 0 aliphatic carbocycles. The fourth-order valence-corrected chi connectivity index (χ4v) is 8.91. The van der Waals surface area contributed by atoms with Crippen LogP contribution >= 0.6 is 0 Å². The van der Waals surface area contributed by atoms with E-state index in [-0.39, 0.29) is 5.97 Å². The van der Waals surface area contributed by atoms with Gasteiger partial charge in [-0.3, -0.25) is 4.79 Å². The summed E-state index contributed by atoms with van der Waals surface area (Å²) in [5.41, 5.74) is 0. The van der Waals surface area contributed by atoms with Gasteiger partial charge in [0.25, 0.3) is 0 Å². The van der Waals surface area contributed by atoms with Crippen molar-refractivity contribution in [1.29, 1.82) is 0 Å². The molecule has 0 rings (SSSR count). The molecule has 0 aliphatic rings. The fourth-order valence-electron chi connectivity index (χ4n) is 8.91. The lowest BCUT2D eigenvalue weighted by molar-refractivity contribution is -0.143. The van der Waals surface area contributed by atoms with Gasteiger partial charge in [-0.15, -0.1) is 0 Å². The van der Waals surface area contributed by atoms with E-state index >= 15 is 0 Å². The Labute approximate surface area is 374 Å². The van der Waals surface area contributed by atoms with Crippen LogP contribution in [-0.4, -0.2) is 12.6 Å². The molecule has 0 saturated heterocycles. The van der Waals surface area contributed by atoms with Crippen molar-refractivity contribution in [2.24, 2.45) is 5.92 Å². The highest BCUT2D eigenvalue weighted by molar-refractivity contribution is 5.69. The van der Waals surface area contributed by atoms with Gasteiger partial charge in [0.15, 0.2) is 0 Å². The van der Waals surface area contributed by atoms with Crippen LogP contribution in [0.3, 0.4) is 0 Å². The van der Waals surface area contributed by atoms with Crippen molar-refractivity contribution < 1.29 is 9.53 Å². The van der Waals surface area contributed by atoms with Gasteiger partial charge >= 0.3 is 5.97 Å². The molecule has 2 heteroatoms. The van der Waals surface area contributed by atoms with Crippen molar-refractivity contribution in [2.45, 2.75) is 335 Å². The third-order valence-corrected chi connectivity index (χ3v) is 13.1. The molecule has 0 spiro atoms. The van der Waals surface area contributed by atoms with E-state index in [1.807, 2.05) is 0 Å². The topological polar surface area (TPSA) is 26.3 Å².